The Labute approximate surface area is 126 Å². The summed E-state index contributed by atoms with van der Waals surface area (Å²) in [5, 5.41) is 6.04. The predicted molar refractivity (Wildman–Crippen MR) is 82.5 cm³/mol. The molecule has 0 saturated heterocycles. The van der Waals surface area contributed by atoms with Crippen molar-refractivity contribution in [3.63, 3.8) is 0 Å². The van der Waals surface area contributed by atoms with Crippen LogP contribution in [0.4, 0.5) is 5.69 Å². The fourth-order valence-electron chi connectivity index (χ4n) is 1.83. The fraction of sp³-hybridized carbons (Fsp3) is 0.267. The minimum Gasteiger partial charge on any atom is -0.467 e. The first-order chi connectivity index (χ1) is 9.56. The van der Waals surface area contributed by atoms with Crippen molar-refractivity contribution in [3.05, 3.63) is 52.4 Å². The Hall–Kier alpha value is -1.75. The number of benzene rings is 1. The van der Waals surface area contributed by atoms with Gasteiger partial charge in [0.05, 0.1) is 12.8 Å². The van der Waals surface area contributed by atoms with Gasteiger partial charge in [-0.2, -0.15) is 0 Å². The van der Waals surface area contributed by atoms with Crippen LogP contribution in [0.3, 0.4) is 0 Å². The van der Waals surface area contributed by atoms with Crippen molar-refractivity contribution in [2.45, 2.75) is 26.4 Å². The lowest BCUT2D eigenvalue weighted by atomic mass is 10.2. The van der Waals surface area contributed by atoms with Crippen molar-refractivity contribution in [2.24, 2.45) is 0 Å². The van der Waals surface area contributed by atoms with Gasteiger partial charge in [0.2, 0.25) is 5.91 Å². The zero-order valence-electron chi connectivity index (χ0n) is 11.4. The number of hydrogen-bond acceptors (Lipinski definition) is 3. The Kier molecular flexibility index (Phi) is 4.84. The SMILES string of the molecule is Cc1cc(Br)ccc1NC(C)C(=O)NCc1ccco1. The lowest BCUT2D eigenvalue weighted by molar-refractivity contribution is -0.121. The van der Waals surface area contributed by atoms with Crippen molar-refractivity contribution in [1.82, 2.24) is 5.32 Å². The van der Waals surface area contributed by atoms with Crippen LogP contribution in [0.1, 0.15) is 18.2 Å². The Morgan fingerprint density at radius 2 is 2.20 bits per heavy atom. The van der Waals surface area contributed by atoms with Crippen molar-refractivity contribution in [3.8, 4) is 0 Å². The summed E-state index contributed by atoms with van der Waals surface area (Å²) in [6, 6.07) is 9.23. The van der Waals surface area contributed by atoms with Crippen LogP contribution in [0, 0.1) is 6.92 Å². The molecule has 0 bridgehead atoms. The smallest absolute Gasteiger partial charge is 0.242 e. The van der Waals surface area contributed by atoms with Gasteiger partial charge >= 0.3 is 0 Å². The molecule has 1 atom stereocenters. The second kappa shape index (κ2) is 6.61. The van der Waals surface area contributed by atoms with Crippen LogP contribution in [0.5, 0.6) is 0 Å². The fourth-order valence-corrected chi connectivity index (χ4v) is 2.30. The quantitative estimate of drug-likeness (QED) is 0.878. The average molecular weight is 337 g/mol. The van der Waals surface area contributed by atoms with Gasteiger partial charge in [-0.3, -0.25) is 4.79 Å². The summed E-state index contributed by atoms with van der Waals surface area (Å²) in [7, 11) is 0. The molecular formula is C15H17BrN2O2. The van der Waals surface area contributed by atoms with E-state index in [-0.39, 0.29) is 11.9 Å². The third-order valence-electron chi connectivity index (χ3n) is 2.97. The van der Waals surface area contributed by atoms with E-state index in [0.29, 0.717) is 6.54 Å². The number of furan rings is 1. The first-order valence-electron chi connectivity index (χ1n) is 6.39. The summed E-state index contributed by atoms with van der Waals surface area (Å²) in [5.74, 6) is 0.675. The lowest BCUT2D eigenvalue weighted by Gasteiger charge is -2.16. The van der Waals surface area contributed by atoms with Crippen LogP contribution in [-0.2, 0) is 11.3 Å². The van der Waals surface area contributed by atoms with E-state index in [1.807, 2.05) is 38.1 Å². The zero-order chi connectivity index (χ0) is 14.5. The number of nitrogens with one attached hydrogen (secondary N) is 2. The van der Waals surface area contributed by atoms with Gasteiger partial charge in [-0.1, -0.05) is 15.9 Å². The Balaban J connectivity index is 1.90. The highest BCUT2D eigenvalue weighted by molar-refractivity contribution is 9.10. The summed E-state index contributed by atoms with van der Waals surface area (Å²) in [5.41, 5.74) is 2.04. The maximum Gasteiger partial charge on any atom is 0.242 e. The minimum atomic E-state index is -0.315. The van der Waals surface area contributed by atoms with Gasteiger partial charge in [0.1, 0.15) is 11.8 Å². The molecule has 1 aromatic heterocycles. The maximum atomic E-state index is 12.0. The van der Waals surface area contributed by atoms with Gasteiger partial charge in [-0.15, -0.1) is 0 Å². The predicted octanol–water partition coefficient (Wildman–Crippen LogP) is 3.47. The first kappa shape index (κ1) is 14.7. The second-order valence-electron chi connectivity index (χ2n) is 4.62. The van der Waals surface area contributed by atoms with Gasteiger partial charge in [-0.25, -0.2) is 0 Å². The Morgan fingerprint density at radius 3 is 2.85 bits per heavy atom. The molecule has 0 radical (unpaired) electrons. The van der Waals surface area contributed by atoms with Crippen molar-refractivity contribution < 1.29 is 9.21 Å². The number of hydrogen-bond donors (Lipinski definition) is 2. The monoisotopic (exact) mass is 336 g/mol. The van der Waals surface area contributed by atoms with Crippen LogP contribution < -0.4 is 10.6 Å². The number of rotatable bonds is 5. The number of amides is 1. The standard InChI is InChI=1S/C15H17BrN2O2/c1-10-8-12(16)5-6-14(10)18-11(2)15(19)17-9-13-4-3-7-20-13/h3-8,11,18H,9H2,1-2H3,(H,17,19). The molecule has 20 heavy (non-hydrogen) atoms. The van der Waals surface area contributed by atoms with Crippen molar-refractivity contribution >= 4 is 27.5 Å². The van der Waals surface area contributed by atoms with Crippen LogP contribution >= 0.6 is 15.9 Å². The van der Waals surface area contributed by atoms with Crippen LogP contribution in [0.25, 0.3) is 0 Å². The minimum absolute atomic E-state index is 0.0660. The highest BCUT2D eigenvalue weighted by Gasteiger charge is 2.13. The molecular weight excluding hydrogens is 320 g/mol. The molecule has 1 amide bonds. The molecule has 0 saturated carbocycles. The maximum absolute atomic E-state index is 12.0. The van der Waals surface area contributed by atoms with E-state index in [1.54, 1.807) is 12.3 Å². The molecule has 4 nitrogen and oxygen atoms in total. The van der Waals surface area contributed by atoms with E-state index in [4.69, 9.17) is 4.42 Å². The molecule has 106 valence electrons. The van der Waals surface area contributed by atoms with E-state index in [2.05, 4.69) is 26.6 Å². The summed E-state index contributed by atoms with van der Waals surface area (Å²) >= 11 is 3.42. The highest BCUT2D eigenvalue weighted by atomic mass is 79.9. The van der Waals surface area contributed by atoms with Crippen molar-refractivity contribution in [1.29, 1.82) is 0 Å². The van der Waals surface area contributed by atoms with E-state index in [1.165, 1.54) is 0 Å². The van der Waals surface area contributed by atoms with Crippen LogP contribution in [0.15, 0.2) is 45.5 Å². The number of halogens is 1. The molecule has 5 heteroatoms. The third-order valence-corrected chi connectivity index (χ3v) is 3.46. The summed E-state index contributed by atoms with van der Waals surface area (Å²) in [6.07, 6.45) is 1.59. The Bertz CT molecular complexity index is 582. The van der Waals surface area contributed by atoms with E-state index in [9.17, 15) is 4.79 Å². The number of carbonyl (C=O) groups excluding carboxylic acids is 1. The van der Waals surface area contributed by atoms with Gasteiger partial charge in [0.25, 0.3) is 0 Å². The average Bonchev–Trinajstić information content (AvgIpc) is 2.92. The summed E-state index contributed by atoms with van der Waals surface area (Å²) < 4.78 is 6.20. The molecule has 0 aliphatic rings. The number of aryl methyl sites for hydroxylation is 1. The van der Waals surface area contributed by atoms with Gasteiger partial charge in [0.15, 0.2) is 0 Å². The molecule has 2 rings (SSSR count). The number of carbonyl (C=O) groups is 1. The second-order valence-corrected chi connectivity index (χ2v) is 5.54. The topological polar surface area (TPSA) is 54.3 Å². The molecule has 2 aromatic rings. The van der Waals surface area contributed by atoms with E-state index in [0.717, 1.165) is 21.5 Å². The van der Waals surface area contributed by atoms with E-state index >= 15 is 0 Å². The third kappa shape index (κ3) is 3.87. The molecule has 1 unspecified atom stereocenters. The van der Waals surface area contributed by atoms with Gasteiger partial charge < -0.3 is 15.1 Å². The normalized spacial score (nSPS) is 11.9. The van der Waals surface area contributed by atoms with Crippen LogP contribution in [0.2, 0.25) is 0 Å². The summed E-state index contributed by atoms with van der Waals surface area (Å²) in [4.78, 5) is 12.0. The summed E-state index contributed by atoms with van der Waals surface area (Å²) in [6.45, 7) is 4.23. The molecule has 2 N–H and O–H groups in total. The molecule has 0 spiro atoms. The molecule has 0 fully saturated rings. The molecule has 1 heterocycles. The largest absolute Gasteiger partial charge is 0.467 e. The molecule has 0 aliphatic heterocycles. The van der Waals surface area contributed by atoms with Crippen molar-refractivity contribution in [2.75, 3.05) is 5.32 Å². The Morgan fingerprint density at radius 1 is 1.40 bits per heavy atom. The zero-order valence-corrected chi connectivity index (χ0v) is 13.0. The van der Waals surface area contributed by atoms with Gasteiger partial charge in [0, 0.05) is 10.2 Å². The number of anilines is 1. The van der Waals surface area contributed by atoms with Crippen LogP contribution in [-0.4, -0.2) is 11.9 Å². The first-order valence-corrected chi connectivity index (χ1v) is 7.18. The highest BCUT2D eigenvalue weighted by Crippen LogP contribution is 2.20. The molecule has 1 aromatic carbocycles. The van der Waals surface area contributed by atoms with E-state index < -0.39 is 0 Å². The lowest BCUT2D eigenvalue weighted by Crippen LogP contribution is -2.37. The van der Waals surface area contributed by atoms with Gasteiger partial charge in [-0.05, 0) is 49.7 Å². The molecule has 0 aliphatic carbocycles.